The smallest absolute Gasteiger partial charge is 0.313 e. The maximum atomic E-state index is 14.2. The quantitative estimate of drug-likeness (QED) is 0.246. The minimum Gasteiger partial charge on any atom is -0.507 e. The van der Waals surface area contributed by atoms with Crippen molar-refractivity contribution in [3.63, 3.8) is 0 Å². The van der Waals surface area contributed by atoms with Crippen molar-refractivity contribution in [1.82, 2.24) is 5.32 Å². The Morgan fingerprint density at radius 3 is 1.85 bits per heavy atom. The number of aliphatic hydroxyl groups excluding tert-OH is 4. The molecule has 1 aliphatic carbocycles. The van der Waals surface area contributed by atoms with E-state index in [9.17, 15) is 49.5 Å². The molecule has 14 heteroatoms. The minimum atomic E-state index is -1.67. The summed E-state index contributed by atoms with van der Waals surface area (Å²) in [4.78, 5) is 68.5. The Hall–Kier alpha value is -4.08. The SMILES string of the molecule is COC(=O)C1C(O)C(C)C(O)C(C)/C=C\C=C(/C)C(=O)NC2=C(SC)C(=O)c3c(c(O)c(C)c(OC)c3C(=O)/C(C)=C/C(C)C(O)C(C)C1O)C2=O. The summed E-state index contributed by atoms with van der Waals surface area (Å²) in [6, 6.07) is 0. The molecule has 3 aliphatic rings. The summed E-state index contributed by atoms with van der Waals surface area (Å²) >= 11 is 0.868. The van der Waals surface area contributed by atoms with Gasteiger partial charge >= 0.3 is 5.97 Å². The Balaban J connectivity index is 2.34. The number of ketones is 3. The lowest BCUT2D eigenvalue weighted by Crippen LogP contribution is -2.50. The molecule has 6 N–H and O–H groups in total. The Labute approximate surface area is 307 Å². The largest absolute Gasteiger partial charge is 0.507 e. The molecule has 52 heavy (non-hydrogen) atoms. The number of rotatable bonds is 3. The molecular weight excluding hydrogens is 694 g/mol. The molecule has 2 aliphatic heterocycles. The van der Waals surface area contributed by atoms with Gasteiger partial charge in [-0.3, -0.25) is 24.0 Å². The summed E-state index contributed by atoms with van der Waals surface area (Å²) in [6.45, 7) is 10.4. The summed E-state index contributed by atoms with van der Waals surface area (Å²) in [5.74, 6) is -10.1. The number of methoxy groups -OCH3 is 2. The molecule has 13 nitrogen and oxygen atoms in total. The number of Topliss-reactive ketones (excluding diaryl/α,β-unsaturated/α-hetero) is 3. The number of nitrogens with one attached hydrogen (secondary N) is 1. The van der Waals surface area contributed by atoms with E-state index in [2.05, 4.69) is 5.32 Å². The third-order valence-electron chi connectivity index (χ3n) is 10.1. The van der Waals surface area contributed by atoms with Crippen LogP contribution in [-0.2, 0) is 14.3 Å². The summed E-state index contributed by atoms with van der Waals surface area (Å²) < 4.78 is 10.4. The molecule has 1 aromatic rings. The van der Waals surface area contributed by atoms with Crippen LogP contribution in [0.5, 0.6) is 11.5 Å². The molecular formula is C38H49NO12S. The Morgan fingerprint density at radius 2 is 1.33 bits per heavy atom. The van der Waals surface area contributed by atoms with Crippen LogP contribution in [-0.4, -0.2) is 99.7 Å². The number of amides is 1. The Morgan fingerprint density at radius 1 is 0.769 bits per heavy atom. The van der Waals surface area contributed by atoms with Crippen molar-refractivity contribution in [3.05, 3.63) is 68.3 Å². The molecule has 0 radical (unpaired) electrons. The molecule has 0 saturated carbocycles. The molecule has 1 amide bonds. The third-order valence-corrected chi connectivity index (χ3v) is 10.9. The van der Waals surface area contributed by atoms with Gasteiger partial charge in [-0.1, -0.05) is 52.0 Å². The highest BCUT2D eigenvalue weighted by Gasteiger charge is 2.45. The van der Waals surface area contributed by atoms with Crippen LogP contribution in [0.25, 0.3) is 0 Å². The van der Waals surface area contributed by atoms with E-state index < -0.39 is 100 Å². The van der Waals surface area contributed by atoms with Gasteiger partial charge in [-0.05, 0) is 32.6 Å². The van der Waals surface area contributed by atoms with Gasteiger partial charge in [0.2, 0.25) is 11.6 Å². The number of hydrogen-bond donors (Lipinski definition) is 6. The first-order valence-electron chi connectivity index (χ1n) is 16.8. The highest BCUT2D eigenvalue weighted by Crippen LogP contribution is 2.45. The molecule has 0 aromatic heterocycles. The van der Waals surface area contributed by atoms with E-state index in [-0.39, 0.29) is 38.6 Å². The first-order chi connectivity index (χ1) is 24.3. The van der Waals surface area contributed by atoms with E-state index in [4.69, 9.17) is 9.47 Å². The van der Waals surface area contributed by atoms with E-state index >= 15 is 0 Å². The number of fused-ring (bicyclic) bond motifs is 15. The molecule has 4 rings (SSSR count). The van der Waals surface area contributed by atoms with Crippen LogP contribution in [0.4, 0.5) is 0 Å². The number of phenols is 1. The Bertz CT molecular complexity index is 1760. The van der Waals surface area contributed by atoms with Crippen molar-refractivity contribution in [2.24, 2.45) is 29.6 Å². The first-order valence-corrected chi connectivity index (χ1v) is 18.0. The first kappa shape index (κ1) is 42.3. The van der Waals surface area contributed by atoms with E-state index in [1.165, 1.54) is 66.2 Å². The molecule has 9 atom stereocenters. The van der Waals surface area contributed by atoms with Crippen molar-refractivity contribution in [1.29, 1.82) is 0 Å². The molecule has 284 valence electrons. The van der Waals surface area contributed by atoms with E-state index in [1.807, 2.05) is 0 Å². The molecule has 2 heterocycles. The fourth-order valence-electron chi connectivity index (χ4n) is 6.70. The van der Waals surface area contributed by atoms with Crippen molar-refractivity contribution in [2.45, 2.75) is 72.9 Å². The normalized spacial score (nSPS) is 32.4. The topological polar surface area (TPSA) is 217 Å². The van der Waals surface area contributed by atoms with Gasteiger partial charge in [-0.15, -0.1) is 11.8 Å². The number of ether oxygens (including phenoxy) is 2. The van der Waals surface area contributed by atoms with Crippen molar-refractivity contribution in [2.75, 3.05) is 20.5 Å². The number of benzene rings is 1. The number of thioether (sulfide) groups is 1. The monoisotopic (exact) mass is 743 g/mol. The molecule has 0 spiro atoms. The van der Waals surface area contributed by atoms with E-state index in [0.29, 0.717) is 0 Å². The predicted octanol–water partition coefficient (Wildman–Crippen LogP) is 3.20. The molecule has 0 saturated heterocycles. The lowest BCUT2D eigenvalue weighted by atomic mass is 9.76. The second-order valence-electron chi connectivity index (χ2n) is 13.5. The number of hydrogen-bond acceptors (Lipinski definition) is 13. The highest BCUT2D eigenvalue weighted by atomic mass is 32.2. The number of aromatic hydroxyl groups is 1. The Kier molecular flexibility index (Phi) is 14.0. The summed E-state index contributed by atoms with van der Waals surface area (Å²) in [7, 11) is 2.32. The van der Waals surface area contributed by atoms with E-state index in [1.54, 1.807) is 19.9 Å². The van der Waals surface area contributed by atoms with Crippen molar-refractivity contribution >= 4 is 41.0 Å². The van der Waals surface area contributed by atoms with Crippen molar-refractivity contribution in [3.8, 4) is 11.5 Å². The molecule has 0 fully saturated rings. The number of esters is 1. The van der Waals surface area contributed by atoms with Crippen LogP contribution in [0.15, 0.2) is 46.1 Å². The van der Waals surface area contributed by atoms with Gasteiger partial charge in [-0.2, -0.15) is 0 Å². The summed E-state index contributed by atoms with van der Waals surface area (Å²) in [6.07, 6.45) is 1.41. The zero-order valence-electron chi connectivity index (χ0n) is 31.0. The van der Waals surface area contributed by atoms with Crippen LogP contribution in [0.2, 0.25) is 0 Å². The minimum absolute atomic E-state index is 0.00802. The summed E-state index contributed by atoms with van der Waals surface area (Å²) in [5.41, 5.74) is -1.48. The maximum absolute atomic E-state index is 14.2. The van der Waals surface area contributed by atoms with Crippen LogP contribution in [0.1, 0.15) is 78.2 Å². The molecule has 9 unspecified atom stereocenters. The molecule has 1 aromatic carbocycles. The molecule has 4 bridgehead atoms. The van der Waals surface area contributed by atoms with Crippen molar-refractivity contribution < 1.29 is 59.0 Å². The average Bonchev–Trinajstić information content (AvgIpc) is 3.11. The fraction of sp³-hybridized carbons (Fsp3) is 0.500. The second kappa shape index (κ2) is 17.2. The fourth-order valence-corrected chi connectivity index (χ4v) is 7.33. The summed E-state index contributed by atoms with van der Waals surface area (Å²) in [5, 5.41) is 59.0. The zero-order chi connectivity index (χ0) is 39.5. The van der Waals surface area contributed by atoms with Gasteiger partial charge in [0.25, 0.3) is 5.91 Å². The highest BCUT2D eigenvalue weighted by molar-refractivity contribution is 8.03. The third kappa shape index (κ3) is 7.96. The number of carbonyl (C=O) groups is 5. The van der Waals surface area contributed by atoms with Gasteiger partial charge in [-0.25, -0.2) is 0 Å². The standard InChI is InChI=1S/C38H49NO12S/c1-15-12-11-13-16(2)37(48)39-26-33(46)23-22(34(47)36(26)52-10)24(35(50-8)21(7)32(23)45)29(42)18(4)14-17(3)28(41)20(6)31(44)25(38(49)51-9)30(43)19(5)27(15)40/h11-15,17,19-20,25,27-28,30-31,40-41,43-45H,1-10H3,(H,39,48)/b12-11-,16-13+,18-14+. The van der Waals surface area contributed by atoms with Crippen LogP contribution >= 0.6 is 11.8 Å². The van der Waals surface area contributed by atoms with Gasteiger partial charge in [0.05, 0.1) is 60.2 Å². The van der Waals surface area contributed by atoms with Crippen LogP contribution < -0.4 is 10.1 Å². The number of phenolic OH excluding ortho intramolecular Hbond substituents is 1. The second-order valence-corrected chi connectivity index (χ2v) is 14.3. The van der Waals surface area contributed by atoms with Gasteiger partial charge in [0.1, 0.15) is 23.1 Å². The zero-order valence-corrected chi connectivity index (χ0v) is 31.8. The lowest BCUT2D eigenvalue weighted by molar-refractivity contribution is -0.164. The number of carbonyl (C=O) groups excluding carboxylic acids is 5. The van der Waals surface area contributed by atoms with Crippen LogP contribution in [0, 0.1) is 36.5 Å². The van der Waals surface area contributed by atoms with E-state index in [0.717, 1.165) is 18.9 Å². The lowest BCUT2D eigenvalue weighted by Gasteiger charge is -2.37. The number of aliphatic hydroxyl groups is 4. The maximum Gasteiger partial charge on any atom is 0.313 e. The van der Waals surface area contributed by atoms with Crippen LogP contribution in [0.3, 0.4) is 0 Å². The predicted molar refractivity (Wildman–Crippen MR) is 194 cm³/mol. The van der Waals surface area contributed by atoms with Gasteiger partial charge < -0.3 is 40.3 Å². The van der Waals surface area contributed by atoms with Gasteiger partial charge in [0, 0.05) is 34.8 Å². The van der Waals surface area contributed by atoms with Gasteiger partial charge in [0.15, 0.2) is 5.78 Å². The number of allylic oxidation sites excluding steroid dienone is 5. The average molecular weight is 744 g/mol.